The maximum atomic E-state index is 12.2. The summed E-state index contributed by atoms with van der Waals surface area (Å²) in [7, 11) is 0. The van der Waals surface area contributed by atoms with Crippen LogP contribution in [0.5, 0.6) is 0 Å². The van der Waals surface area contributed by atoms with E-state index in [4.69, 9.17) is 0 Å². The van der Waals surface area contributed by atoms with Crippen LogP contribution in [0.4, 0.5) is 0 Å². The highest BCUT2D eigenvalue weighted by Gasteiger charge is 2.15. The standard InChI is InChI=1S/C16H18N2O3S2/c1-10(2)8-17-15(20)16(21)18-9-11-5-6-13(23-11)14(19)12-4-3-7-22-12/h3-7,10H,8-9H2,1-2H3,(H,17,20)(H,18,21). The highest BCUT2D eigenvalue weighted by atomic mass is 32.1. The monoisotopic (exact) mass is 350 g/mol. The third-order valence-corrected chi connectivity index (χ3v) is 4.88. The largest absolute Gasteiger partial charge is 0.348 e. The molecule has 2 amide bonds. The fourth-order valence-corrected chi connectivity index (χ4v) is 3.39. The second-order valence-corrected chi connectivity index (χ2v) is 7.47. The summed E-state index contributed by atoms with van der Waals surface area (Å²) in [4.78, 5) is 37.6. The van der Waals surface area contributed by atoms with Crippen LogP contribution in [0.25, 0.3) is 0 Å². The van der Waals surface area contributed by atoms with Crippen LogP contribution in [0.2, 0.25) is 0 Å². The quantitative estimate of drug-likeness (QED) is 0.621. The molecule has 0 aliphatic rings. The average molecular weight is 350 g/mol. The molecular weight excluding hydrogens is 332 g/mol. The van der Waals surface area contributed by atoms with Crippen molar-refractivity contribution in [3.8, 4) is 0 Å². The van der Waals surface area contributed by atoms with E-state index in [0.717, 1.165) is 4.88 Å². The van der Waals surface area contributed by atoms with Crippen molar-refractivity contribution in [1.29, 1.82) is 0 Å². The fourth-order valence-electron chi connectivity index (χ4n) is 1.75. The van der Waals surface area contributed by atoms with Gasteiger partial charge in [-0.15, -0.1) is 22.7 Å². The van der Waals surface area contributed by atoms with Crippen LogP contribution in [-0.4, -0.2) is 24.1 Å². The molecule has 2 aromatic rings. The van der Waals surface area contributed by atoms with Gasteiger partial charge in [0.25, 0.3) is 0 Å². The topological polar surface area (TPSA) is 75.3 Å². The number of thiophene rings is 2. The van der Waals surface area contributed by atoms with Gasteiger partial charge in [0.05, 0.1) is 16.3 Å². The minimum absolute atomic E-state index is 0.0164. The molecule has 0 radical (unpaired) electrons. The van der Waals surface area contributed by atoms with E-state index in [1.807, 2.05) is 25.3 Å². The van der Waals surface area contributed by atoms with Crippen molar-refractivity contribution in [2.45, 2.75) is 20.4 Å². The number of carbonyl (C=O) groups excluding carboxylic acids is 3. The van der Waals surface area contributed by atoms with Crippen molar-refractivity contribution in [2.24, 2.45) is 5.92 Å². The van der Waals surface area contributed by atoms with Crippen LogP contribution in [0.1, 0.15) is 33.3 Å². The second kappa shape index (κ2) is 8.03. The van der Waals surface area contributed by atoms with E-state index in [9.17, 15) is 14.4 Å². The van der Waals surface area contributed by atoms with Gasteiger partial charge in [0.2, 0.25) is 5.78 Å². The molecule has 0 fully saturated rings. The molecule has 23 heavy (non-hydrogen) atoms. The Morgan fingerprint density at radius 1 is 1.04 bits per heavy atom. The first-order chi connectivity index (χ1) is 11.0. The number of amides is 2. The van der Waals surface area contributed by atoms with Gasteiger partial charge in [0, 0.05) is 11.4 Å². The summed E-state index contributed by atoms with van der Waals surface area (Å²) >= 11 is 2.72. The zero-order valence-electron chi connectivity index (χ0n) is 12.9. The van der Waals surface area contributed by atoms with E-state index in [-0.39, 0.29) is 18.2 Å². The van der Waals surface area contributed by atoms with Crippen molar-refractivity contribution in [3.63, 3.8) is 0 Å². The normalized spacial score (nSPS) is 10.6. The van der Waals surface area contributed by atoms with Crippen LogP contribution >= 0.6 is 22.7 Å². The van der Waals surface area contributed by atoms with E-state index in [2.05, 4.69) is 10.6 Å². The average Bonchev–Trinajstić information content (AvgIpc) is 3.20. The first-order valence-corrected chi connectivity index (χ1v) is 8.90. The molecule has 7 heteroatoms. The van der Waals surface area contributed by atoms with Crippen molar-refractivity contribution < 1.29 is 14.4 Å². The van der Waals surface area contributed by atoms with Crippen LogP contribution in [0, 0.1) is 5.92 Å². The molecule has 0 spiro atoms. The number of hydrogen-bond acceptors (Lipinski definition) is 5. The Morgan fingerprint density at radius 2 is 1.78 bits per heavy atom. The van der Waals surface area contributed by atoms with Crippen LogP contribution in [0.3, 0.4) is 0 Å². The van der Waals surface area contributed by atoms with E-state index in [1.54, 1.807) is 18.2 Å². The first-order valence-electron chi connectivity index (χ1n) is 7.20. The molecule has 2 rings (SSSR count). The molecule has 2 aromatic heterocycles. The molecule has 0 aliphatic heterocycles. The lowest BCUT2D eigenvalue weighted by Crippen LogP contribution is -2.40. The molecule has 0 unspecified atom stereocenters. The minimum Gasteiger partial charge on any atom is -0.348 e. The van der Waals surface area contributed by atoms with Crippen LogP contribution < -0.4 is 10.6 Å². The number of nitrogens with one attached hydrogen (secondary N) is 2. The van der Waals surface area contributed by atoms with Gasteiger partial charge in [0.15, 0.2) is 0 Å². The van der Waals surface area contributed by atoms with Gasteiger partial charge >= 0.3 is 11.8 Å². The maximum Gasteiger partial charge on any atom is 0.309 e. The van der Waals surface area contributed by atoms with Crippen molar-refractivity contribution in [2.75, 3.05) is 6.54 Å². The molecule has 0 aromatic carbocycles. The Morgan fingerprint density at radius 3 is 2.43 bits per heavy atom. The van der Waals surface area contributed by atoms with E-state index >= 15 is 0 Å². The lowest BCUT2D eigenvalue weighted by atomic mass is 10.2. The van der Waals surface area contributed by atoms with Gasteiger partial charge in [-0.1, -0.05) is 19.9 Å². The fraction of sp³-hybridized carbons (Fsp3) is 0.312. The van der Waals surface area contributed by atoms with Gasteiger partial charge in [-0.05, 0) is 29.5 Å². The van der Waals surface area contributed by atoms with E-state index in [1.165, 1.54) is 22.7 Å². The lowest BCUT2D eigenvalue weighted by Gasteiger charge is -2.07. The van der Waals surface area contributed by atoms with Gasteiger partial charge in [-0.2, -0.15) is 0 Å². The number of rotatable bonds is 6. The second-order valence-electron chi connectivity index (χ2n) is 5.36. The van der Waals surface area contributed by atoms with Gasteiger partial charge in [-0.3, -0.25) is 14.4 Å². The lowest BCUT2D eigenvalue weighted by molar-refractivity contribution is -0.139. The Balaban J connectivity index is 1.86. The number of carbonyl (C=O) groups is 3. The summed E-state index contributed by atoms with van der Waals surface area (Å²) in [6.45, 7) is 4.60. The first kappa shape index (κ1) is 17.4. The Hall–Kier alpha value is -1.99. The third kappa shape index (κ3) is 5.01. The summed E-state index contributed by atoms with van der Waals surface area (Å²) in [6, 6.07) is 7.15. The minimum atomic E-state index is -0.662. The predicted molar refractivity (Wildman–Crippen MR) is 91.8 cm³/mol. The third-order valence-electron chi connectivity index (χ3n) is 2.93. The zero-order valence-corrected chi connectivity index (χ0v) is 14.6. The summed E-state index contributed by atoms with van der Waals surface area (Å²) in [5, 5.41) is 6.98. The Kier molecular flexibility index (Phi) is 6.06. The van der Waals surface area contributed by atoms with Crippen molar-refractivity contribution in [3.05, 3.63) is 44.3 Å². The molecule has 0 saturated carbocycles. The number of hydrogen-bond donors (Lipinski definition) is 2. The molecule has 2 N–H and O–H groups in total. The maximum absolute atomic E-state index is 12.2. The highest BCUT2D eigenvalue weighted by molar-refractivity contribution is 7.16. The van der Waals surface area contributed by atoms with Gasteiger partial charge < -0.3 is 10.6 Å². The molecule has 0 aliphatic carbocycles. The SMILES string of the molecule is CC(C)CNC(=O)C(=O)NCc1ccc(C(=O)c2cccs2)s1. The molecular formula is C16H18N2O3S2. The molecule has 0 saturated heterocycles. The summed E-state index contributed by atoms with van der Waals surface area (Å²) in [5.41, 5.74) is 0. The predicted octanol–water partition coefficient (Wildman–Crippen LogP) is 2.43. The molecule has 2 heterocycles. The summed E-state index contributed by atoms with van der Waals surface area (Å²) in [6.07, 6.45) is 0. The molecule has 5 nitrogen and oxygen atoms in total. The van der Waals surface area contributed by atoms with E-state index in [0.29, 0.717) is 16.3 Å². The summed E-state index contributed by atoms with van der Waals surface area (Å²) in [5.74, 6) is -1.03. The molecule has 122 valence electrons. The van der Waals surface area contributed by atoms with Crippen molar-refractivity contribution >= 4 is 40.3 Å². The zero-order chi connectivity index (χ0) is 16.8. The highest BCUT2D eigenvalue weighted by Crippen LogP contribution is 2.22. The van der Waals surface area contributed by atoms with Gasteiger partial charge in [0.1, 0.15) is 0 Å². The Bertz CT molecular complexity index is 690. The summed E-state index contributed by atoms with van der Waals surface area (Å²) < 4.78 is 0. The molecule has 0 atom stereocenters. The van der Waals surface area contributed by atoms with Gasteiger partial charge in [-0.25, -0.2) is 0 Å². The van der Waals surface area contributed by atoms with Crippen LogP contribution in [0.15, 0.2) is 29.6 Å². The Labute approximate surface area is 142 Å². The van der Waals surface area contributed by atoms with Crippen molar-refractivity contribution in [1.82, 2.24) is 10.6 Å². The van der Waals surface area contributed by atoms with E-state index < -0.39 is 11.8 Å². The smallest absolute Gasteiger partial charge is 0.309 e. The van der Waals surface area contributed by atoms with Crippen LogP contribution in [-0.2, 0) is 16.1 Å². The number of ketones is 1. The molecule has 0 bridgehead atoms.